The number of aromatic nitrogens is 4. The van der Waals surface area contributed by atoms with Gasteiger partial charge in [-0.15, -0.1) is 11.3 Å². The molecule has 3 heterocycles. The molecule has 0 saturated carbocycles. The number of imidazole rings is 1. The van der Waals surface area contributed by atoms with Crippen LogP contribution in [0.3, 0.4) is 0 Å². The maximum Gasteiger partial charge on any atom is 0.179 e. The van der Waals surface area contributed by atoms with Crippen molar-refractivity contribution in [1.82, 2.24) is 19.5 Å². The molecular weight excluding hydrogens is 356 g/mol. The summed E-state index contributed by atoms with van der Waals surface area (Å²) in [7, 11) is 0. The molecule has 0 fully saturated rings. The minimum atomic E-state index is 0.121. The standard InChI is InChI=1S/C13H13BrN4S2/c1-6-11(20-8(3)16-6)7(2)18-12-10(17-13(18)19)4-9(14)5-15-12/h4-5,7H,1-3H3,(H,17,19). The lowest BCUT2D eigenvalue weighted by atomic mass is 10.2. The van der Waals surface area contributed by atoms with Crippen LogP contribution < -0.4 is 0 Å². The van der Waals surface area contributed by atoms with Gasteiger partial charge in [0.25, 0.3) is 0 Å². The number of H-pyrrole nitrogens is 1. The van der Waals surface area contributed by atoms with Crippen molar-refractivity contribution in [3.63, 3.8) is 0 Å². The number of fused-ring (bicyclic) bond motifs is 1. The van der Waals surface area contributed by atoms with E-state index in [4.69, 9.17) is 12.2 Å². The average molecular weight is 369 g/mol. The Balaban J connectivity index is 2.21. The summed E-state index contributed by atoms with van der Waals surface area (Å²) in [4.78, 5) is 13.4. The van der Waals surface area contributed by atoms with Gasteiger partial charge in [0.1, 0.15) is 0 Å². The molecular formula is C13H13BrN4S2. The lowest BCUT2D eigenvalue weighted by Crippen LogP contribution is -2.07. The van der Waals surface area contributed by atoms with Crippen LogP contribution >= 0.6 is 39.5 Å². The summed E-state index contributed by atoms with van der Waals surface area (Å²) < 4.78 is 3.67. The van der Waals surface area contributed by atoms with E-state index in [1.54, 1.807) is 17.5 Å². The number of hydrogen-bond donors (Lipinski definition) is 1. The Bertz CT molecular complexity index is 846. The van der Waals surface area contributed by atoms with Crippen molar-refractivity contribution in [2.24, 2.45) is 0 Å². The second-order valence-corrected chi connectivity index (χ2v) is 7.22. The predicted octanol–water partition coefficient (Wildman–Crippen LogP) is 4.54. The highest BCUT2D eigenvalue weighted by Gasteiger charge is 2.18. The molecule has 4 nitrogen and oxygen atoms in total. The van der Waals surface area contributed by atoms with Gasteiger partial charge in [-0.25, -0.2) is 9.97 Å². The highest BCUT2D eigenvalue weighted by molar-refractivity contribution is 9.10. The highest BCUT2D eigenvalue weighted by Crippen LogP contribution is 2.30. The Labute approximate surface area is 134 Å². The van der Waals surface area contributed by atoms with Crippen molar-refractivity contribution >= 4 is 50.6 Å². The van der Waals surface area contributed by atoms with E-state index in [2.05, 4.69) is 42.4 Å². The number of halogens is 1. The first-order chi connectivity index (χ1) is 9.47. The zero-order valence-corrected chi connectivity index (χ0v) is 14.5. The summed E-state index contributed by atoms with van der Waals surface area (Å²) >= 11 is 10.6. The first-order valence-electron chi connectivity index (χ1n) is 6.17. The fourth-order valence-electron chi connectivity index (χ4n) is 2.40. The van der Waals surface area contributed by atoms with Crippen LogP contribution in [0, 0.1) is 18.6 Å². The van der Waals surface area contributed by atoms with Crippen molar-refractivity contribution in [3.8, 4) is 0 Å². The van der Waals surface area contributed by atoms with Crippen LogP contribution in [0.25, 0.3) is 11.2 Å². The molecule has 1 unspecified atom stereocenters. The number of nitrogens with zero attached hydrogens (tertiary/aromatic N) is 3. The number of thiazole rings is 1. The number of nitrogens with one attached hydrogen (secondary N) is 1. The van der Waals surface area contributed by atoms with E-state index in [1.165, 1.54) is 4.88 Å². The van der Waals surface area contributed by atoms with E-state index in [9.17, 15) is 0 Å². The first kappa shape index (κ1) is 13.9. The number of aryl methyl sites for hydroxylation is 2. The first-order valence-corrected chi connectivity index (χ1v) is 8.19. The topological polar surface area (TPSA) is 46.5 Å². The van der Waals surface area contributed by atoms with Crippen LogP contribution in [0.2, 0.25) is 0 Å². The normalized spacial score (nSPS) is 13.0. The van der Waals surface area contributed by atoms with E-state index in [0.29, 0.717) is 4.77 Å². The van der Waals surface area contributed by atoms with Crippen LogP contribution in [0.1, 0.15) is 28.5 Å². The van der Waals surface area contributed by atoms with Crippen molar-refractivity contribution in [1.29, 1.82) is 0 Å². The van der Waals surface area contributed by atoms with Crippen LogP contribution in [0.15, 0.2) is 16.7 Å². The fourth-order valence-corrected chi connectivity index (χ4v) is 4.05. The second-order valence-electron chi connectivity index (χ2n) is 4.68. The lowest BCUT2D eigenvalue weighted by Gasteiger charge is -2.12. The van der Waals surface area contributed by atoms with Gasteiger partial charge in [0, 0.05) is 10.7 Å². The number of pyridine rings is 1. The summed E-state index contributed by atoms with van der Waals surface area (Å²) in [6.07, 6.45) is 1.79. The fraction of sp³-hybridized carbons (Fsp3) is 0.308. The Morgan fingerprint density at radius 1 is 1.45 bits per heavy atom. The van der Waals surface area contributed by atoms with Crippen molar-refractivity contribution < 1.29 is 0 Å². The molecule has 0 aliphatic carbocycles. The quantitative estimate of drug-likeness (QED) is 0.675. The molecule has 0 aliphatic heterocycles. The number of hydrogen-bond acceptors (Lipinski definition) is 4. The molecule has 3 aromatic heterocycles. The SMILES string of the molecule is Cc1nc(C)c(C(C)n2c(=S)[nH]c3cc(Br)cnc32)s1. The molecule has 0 radical (unpaired) electrons. The molecule has 104 valence electrons. The molecule has 3 rings (SSSR count). The molecule has 1 N–H and O–H groups in total. The molecule has 1 atom stereocenters. The van der Waals surface area contributed by atoms with Crippen LogP contribution in [0.5, 0.6) is 0 Å². The van der Waals surface area contributed by atoms with Crippen LogP contribution in [-0.4, -0.2) is 19.5 Å². The van der Waals surface area contributed by atoms with Gasteiger partial charge in [-0.1, -0.05) is 0 Å². The van der Waals surface area contributed by atoms with Crippen LogP contribution in [-0.2, 0) is 0 Å². The minimum Gasteiger partial charge on any atom is -0.329 e. The third-order valence-corrected chi connectivity index (χ3v) is 5.20. The Hall–Kier alpha value is -1.05. The summed E-state index contributed by atoms with van der Waals surface area (Å²) in [6.45, 7) is 6.20. The van der Waals surface area contributed by atoms with E-state index >= 15 is 0 Å². The van der Waals surface area contributed by atoms with Crippen LogP contribution in [0.4, 0.5) is 0 Å². The summed E-state index contributed by atoms with van der Waals surface area (Å²) in [5.41, 5.74) is 2.87. The lowest BCUT2D eigenvalue weighted by molar-refractivity contribution is 0.650. The van der Waals surface area contributed by atoms with Gasteiger partial charge in [-0.2, -0.15) is 0 Å². The minimum absolute atomic E-state index is 0.121. The smallest absolute Gasteiger partial charge is 0.179 e. The molecule has 0 aliphatic rings. The summed E-state index contributed by atoms with van der Waals surface area (Å²) in [5, 5.41) is 1.08. The largest absolute Gasteiger partial charge is 0.329 e. The van der Waals surface area contributed by atoms with Gasteiger partial charge in [0.15, 0.2) is 10.4 Å². The summed E-state index contributed by atoms with van der Waals surface area (Å²) in [5.74, 6) is 0. The number of aromatic amines is 1. The van der Waals surface area contributed by atoms with E-state index < -0.39 is 0 Å². The van der Waals surface area contributed by atoms with E-state index in [-0.39, 0.29) is 6.04 Å². The number of rotatable bonds is 2. The monoisotopic (exact) mass is 368 g/mol. The molecule has 0 spiro atoms. The molecule has 0 bridgehead atoms. The Kier molecular flexibility index (Phi) is 3.51. The van der Waals surface area contributed by atoms with Crippen molar-refractivity contribution in [3.05, 3.63) is 37.1 Å². The molecule has 7 heteroatoms. The zero-order chi connectivity index (χ0) is 14.4. The van der Waals surface area contributed by atoms with E-state index in [1.807, 2.05) is 19.9 Å². The van der Waals surface area contributed by atoms with Gasteiger partial charge < -0.3 is 4.98 Å². The van der Waals surface area contributed by atoms with Gasteiger partial charge in [-0.3, -0.25) is 4.57 Å². The van der Waals surface area contributed by atoms with Gasteiger partial charge in [-0.05, 0) is 55.0 Å². The molecule has 0 saturated heterocycles. The molecule has 0 amide bonds. The third-order valence-electron chi connectivity index (χ3n) is 3.23. The molecule has 0 aromatic carbocycles. The zero-order valence-electron chi connectivity index (χ0n) is 11.3. The third kappa shape index (κ3) is 2.23. The van der Waals surface area contributed by atoms with Gasteiger partial charge >= 0.3 is 0 Å². The van der Waals surface area contributed by atoms with Gasteiger partial charge in [0.2, 0.25) is 0 Å². The highest BCUT2D eigenvalue weighted by atomic mass is 79.9. The molecule has 20 heavy (non-hydrogen) atoms. The van der Waals surface area contributed by atoms with Gasteiger partial charge in [0.05, 0.1) is 27.1 Å². The molecule has 3 aromatic rings. The summed E-state index contributed by atoms with van der Waals surface area (Å²) in [6, 6.07) is 2.11. The van der Waals surface area contributed by atoms with Crippen molar-refractivity contribution in [2.45, 2.75) is 26.8 Å². The van der Waals surface area contributed by atoms with Crippen molar-refractivity contribution in [2.75, 3.05) is 0 Å². The maximum absolute atomic E-state index is 5.46. The maximum atomic E-state index is 5.46. The second kappa shape index (κ2) is 5.05. The predicted molar refractivity (Wildman–Crippen MR) is 88.0 cm³/mol. The average Bonchev–Trinajstić information content (AvgIpc) is 2.87. The Morgan fingerprint density at radius 2 is 2.20 bits per heavy atom. The van der Waals surface area contributed by atoms with E-state index in [0.717, 1.165) is 26.3 Å². The Morgan fingerprint density at radius 3 is 2.85 bits per heavy atom.